The van der Waals surface area contributed by atoms with E-state index in [0.29, 0.717) is 15.8 Å². The maximum Gasteiger partial charge on any atom is 0.307 e. The molecule has 1 aliphatic rings. The van der Waals surface area contributed by atoms with Crippen LogP contribution in [0.3, 0.4) is 0 Å². The minimum Gasteiger partial charge on any atom is -0.497 e. The molecule has 0 N–H and O–H groups in total. The lowest BCUT2D eigenvalue weighted by atomic mass is 10.2. The van der Waals surface area contributed by atoms with Gasteiger partial charge in [-0.05, 0) is 30.2 Å². The van der Waals surface area contributed by atoms with Crippen molar-refractivity contribution in [1.82, 2.24) is 4.90 Å². The van der Waals surface area contributed by atoms with Crippen molar-refractivity contribution >= 4 is 46.3 Å². The van der Waals surface area contributed by atoms with E-state index < -0.39 is 0 Å². The number of carbonyl (C=O) groups excluding carboxylic acids is 2. The van der Waals surface area contributed by atoms with Gasteiger partial charge in [-0.25, -0.2) is 0 Å². The molecule has 0 aromatic heterocycles. The molecule has 0 radical (unpaired) electrons. The van der Waals surface area contributed by atoms with E-state index in [0.717, 1.165) is 17.7 Å². The fraction of sp³-hybridized carbons (Fsp3) is 0.353. The summed E-state index contributed by atoms with van der Waals surface area (Å²) in [6, 6.07) is 7.40. The molecule has 0 spiro atoms. The molecular weight excluding hydrogens is 346 g/mol. The first-order chi connectivity index (χ1) is 11.5. The lowest BCUT2D eigenvalue weighted by molar-refractivity contribution is -0.143. The molecule has 1 amide bonds. The van der Waals surface area contributed by atoms with Crippen LogP contribution in [0.1, 0.15) is 25.3 Å². The highest BCUT2D eigenvalue weighted by Crippen LogP contribution is 2.32. The Bertz CT molecular complexity index is 655. The number of esters is 1. The first-order valence-corrected chi connectivity index (χ1v) is 8.82. The number of methoxy groups -OCH3 is 1. The van der Waals surface area contributed by atoms with Gasteiger partial charge in [-0.3, -0.25) is 14.5 Å². The summed E-state index contributed by atoms with van der Waals surface area (Å²) in [6.45, 7) is 2.57. The van der Waals surface area contributed by atoms with Crippen molar-refractivity contribution in [2.24, 2.45) is 0 Å². The van der Waals surface area contributed by atoms with E-state index in [9.17, 15) is 9.59 Å². The lowest BCUT2D eigenvalue weighted by Gasteiger charge is -2.13. The third kappa shape index (κ3) is 4.82. The molecule has 1 aromatic rings. The Labute approximate surface area is 151 Å². The van der Waals surface area contributed by atoms with Crippen LogP contribution in [-0.2, 0) is 14.3 Å². The molecule has 0 aliphatic carbocycles. The van der Waals surface area contributed by atoms with Crippen LogP contribution in [0, 0.1) is 0 Å². The van der Waals surface area contributed by atoms with E-state index in [-0.39, 0.29) is 24.8 Å². The molecule has 1 aliphatic heterocycles. The minimum absolute atomic E-state index is 0.141. The van der Waals surface area contributed by atoms with Gasteiger partial charge in [0.1, 0.15) is 10.1 Å². The number of amides is 1. The molecule has 1 heterocycles. The number of thiocarbonyl (C=S) groups is 1. The molecule has 0 saturated carbocycles. The predicted octanol–water partition coefficient (Wildman–Crippen LogP) is 3.24. The van der Waals surface area contributed by atoms with E-state index in [1.165, 1.54) is 16.7 Å². The van der Waals surface area contributed by atoms with Crippen LogP contribution in [0.2, 0.25) is 0 Å². The zero-order valence-electron chi connectivity index (χ0n) is 13.6. The largest absolute Gasteiger partial charge is 0.497 e. The second kappa shape index (κ2) is 8.84. The summed E-state index contributed by atoms with van der Waals surface area (Å²) in [5.74, 6) is 0.263. The number of rotatable bonds is 7. The van der Waals surface area contributed by atoms with Gasteiger partial charge in [0.25, 0.3) is 5.91 Å². The van der Waals surface area contributed by atoms with E-state index in [1.54, 1.807) is 13.2 Å². The zero-order valence-corrected chi connectivity index (χ0v) is 15.2. The van der Waals surface area contributed by atoms with E-state index in [2.05, 4.69) is 0 Å². The molecular formula is C17H19NO4S2. The second-order valence-corrected chi connectivity index (χ2v) is 6.75. The maximum absolute atomic E-state index is 12.4. The van der Waals surface area contributed by atoms with Crippen molar-refractivity contribution in [3.05, 3.63) is 34.7 Å². The minimum atomic E-state index is -0.315. The van der Waals surface area contributed by atoms with Gasteiger partial charge in [0.15, 0.2) is 0 Å². The molecule has 0 bridgehead atoms. The van der Waals surface area contributed by atoms with E-state index in [1.807, 2.05) is 31.2 Å². The third-order valence-corrected chi connectivity index (χ3v) is 4.67. The molecule has 24 heavy (non-hydrogen) atoms. The number of thioether (sulfide) groups is 1. The Hall–Kier alpha value is -1.86. The van der Waals surface area contributed by atoms with Crippen LogP contribution in [-0.4, -0.2) is 41.4 Å². The summed E-state index contributed by atoms with van der Waals surface area (Å²) in [5.41, 5.74) is 0.888. The smallest absolute Gasteiger partial charge is 0.307 e. The quantitative estimate of drug-likeness (QED) is 0.420. The molecule has 1 fully saturated rings. The SMILES string of the molecule is CCCOC(=O)CCN1C(=O)/C(=C\c2ccc(OC)cc2)SC1=S. The molecule has 128 valence electrons. The first-order valence-electron chi connectivity index (χ1n) is 7.60. The molecule has 7 heteroatoms. The summed E-state index contributed by atoms with van der Waals surface area (Å²) in [4.78, 5) is 26.0. The molecule has 5 nitrogen and oxygen atoms in total. The molecule has 1 aromatic carbocycles. The van der Waals surface area contributed by atoms with Crippen LogP contribution in [0.5, 0.6) is 5.75 Å². The van der Waals surface area contributed by atoms with Gasteiger partial charge in [-0.1, -0.05) is 43.0 Å². The van der Waals surface area contributed by atoms with Crippen molar-refractivity contribution in [3.8, 4) is 5.75 Å². The highest BCUT2D eigenvalue weighted by molar-refractivity contribution is 8.26. The summed E-state index contributed by atoms with van der Waals surface area (Å²) >= 11 is 6.49. The van der Waals surface area contributed by atoms with Gasteiger partial charge in [0, 0.05) is 6.54 Å². The Morgan fingerprint density at radius 2 is 2.04 bits per heavy atom. The van der Waals surface area contributed by atoms with Gasteiger partial charge in [0.2, 0.25) is 0 Å². The highest BCUT2D eigenvalue weighted by atomic mass is 32.2. The van der Waals surface area contributed by atoms with Gasteiger partial charge >= 0.3 is 5.97 Å². The van der Waals surface area contributed by atoms with Gasteiger partial charge in [0.05, 0.1) is 25.0 Å². The standard InChI is InChI=1S/C17H19NO4S2/c1-3-10-22-15(19)8-9-18-16(20)14(24-17(18)23)11-12-4-6-13(21-2)7-5-12/h4-7,11H,3,8-10H2,1-2H3/b14-11+. The van der Waals surface area contributed by atoms with Crippen LogP contribution in [0.25, 0.3) is 6.08 Å². The number of benzene rings is 1. The number of carbonyl (C=O) groups is 2. The topological polar surface area (TPSA) is 55.8 Å². The lowest BCUT2D eigenvalue weighted by Crippen LogP contribution is -2.30. The Morgan fingerprint density at radius 3 is 2.67 bits per heavy atom. The fourth-order valence-electron chi connectivity index (χ4n) is 2.04. The average molecular weight is 365 g/mol. The fourth-order valence-corrected chi connectivity index (χ4v) is 3.34. The predicted molar refractivity (Wildman–Crippen MR) is 98.7 cm³/mol. The molecule has 1 saturated heterocycles. The molecule has 0 atom stereocenters. The van der Waals surface area contributed by atoms with Crippen LogP contribution < -0.4 is 4.74 Å². The summed E-state index contributed by atoms with van der Waals surface area (Å²) in [5, 5.41) is 0. The van der Waals surface area contributed by atoms with Gasteiger partial charge < -0.3 is 9.47 Å². The summed E-state index contributed by atoms with van der Waals surface area (Å²) < 4.78 is 10.6. The average Bonchev–Trinajstić information content (AvgIpc) is 2.85. The van der Waals surface area contributed by atoms with Crippen molar-refractivity contribution in [3.63, 3.8) is 0 Å². The number of nitrogens with zero attached hydrogens (tertiary/aromatic N) is 1. The van der Waals surface area contributed by atoms with E-state index in [4.69, 9.17) is 21.7 Å². The Kier molecular flexibility index (Phi) is 6.81. The highest BCUT2D eigenvalue weighted by Gasteiger charge is 2.32. The van der Waals surface area contributed by atoms with Crippen LogP contribution in [0.15, 0.2) is 29.2 Å². The van der Waals surface area contributed by atoms with Crippen LogP contribution in [0.4, 0.5) is 0 Å². The molecule has 2 rings (SSSR count). The summed E-state index contributed by atoms with van der Waals surface area (Å²) in [6.07, 6.45) is 2.70. The normalized spacial score (nSPS) is 15.9. The Balaban J connectivity index is 1.99. The number of ether oxygens (including phenoxy) is 2. The summed E-state index contributed by atoms with van der Waals surface area (Å²) in [7, 11) is 1.60. The van der Waals surface area contributed by atoms with Crippen LogP contribution >= 0.6 is 24.0 Å². The third-order valence-electron chi connectivity index (χ3n) is 3.29. The second-order valence-electron chi connectivity index (χ2n) is 5.08. The van der Waals surface area contributed by atoms with E-state index >= 15 is 0 Å². The maximum atomic E-state index is 12.4. The van der Waals surface area contributed by atoms with Crippen molar-refractivity contribution in [2.45, 2.75) is 19.8 Å². The number of hydrogen-bond donors (Lipinski definition) is 0. The van der Waals surface area contributed by atoms with Crippen molar-refractivity contribution < 1.29 is 19.1 Å². The molecule has 0 unspecified atom stereocenters. The van der Waals surface area contributed by atoms with Gasteiger partial charge in [-0.15, -0.1) is 0 Å². The van der Waals surface area contributed by atoms with Crippen molar-refractivity contribution in [1.29, 1.82) is 0 Å². The number of hydrogen-bond acceptors (Lipinski definition) is 6. The zero-order chi connectivity index (χ0) is 17.5. The van der Waals surface area contributed by atoms with Crippen molar-refractivity contribution in [2.75, 3.05) is 20.3 Å². The van der Waals surface area contributed by atoms with Gasteiger partial charge in [-0.2, -0.15) is 0 Å². The Morgan fingerprint density at radius 1 is 1.33 bits per heavy atom. The monoisotopic (exact) mass is 365 g/mol. The first kappa shape index (κ1) is 18.5.